The molecular formula is C12H26CdN6O22+6. The molecular weight excluding hydrogens is 693 g/mol. The van der Waals surface area contributed by atoms with Crippen molar-refractivity contribution < 1.29 is 111 Å². The molecule has 2 aromatic carbocycles. The van der Waals surface area contributed by atoms with Crippen molar-refractivity contribution in [1.29, 1.82) is 0 Å². The normalized spacial score (nSPS) is 7.61. The molecule has 0 atom stereocenters. The van der Waals surface area contributed by atoms with Gasteiger partial charge in [0, 0.05) is 0 Å². The van der Waals surface area contributed by atoms with Gasteiger partial charge >= 0.3 is 27.3 Å². The Morgan fingerprint density at radius 2 is 0.537 bits per heavy atom. The predicted octanol–water partition coefficient (Wildman–Crippen LogP) is -6.21. The van der Waals surface area contributed by atoms with Gasteiger partial charge in [-0.15, -0.1) is 0 Å². The Morgan fingerprint density at radius 1 is 0.390 bits per heavy atom. The molecule has 0 bridgehead atoms. The van der Waals surface area contributed by atoms with Gasteiger partial charge in [0.25, 0.3) is 34.1 Å². The van der Waals surface area contributed by atoms with Crippen LogP contribution in [0.4, 0.5) is 34.1 Å². The Kier molecular flexibility index (Phi) is 35.6. The second kappa shape index (κ2) is 24.1. The largest absolute Gasteiger partial charge is 2.00 e. The van der Waals surface area contributed by atoms with E-state index in [2.05, 4.69) is 0 Å². The monoisotopic (exact) mass is 720 g/mol. The summed E-state index contributed by atoms with van der Waals surface area (Å²) in [5.74, 6) is -2.92. The van der Waals surface area contributed by atoms with E-state index in [0.29, 0.717) is 24.3 Å². The van der Waals surface area contributed by atoms with Crippen LogP contribution in [0.1, 0.15) is 0 Å². The van der Waals surface area contributed by atoms with Gasteiger partial charge in [-0.2, -0.15) is 0 Å². The molecule has 41 heavy (non-hydrogen) atoms. The van der Waals surface area contributed by atoms with Gasteiger partial charge in [0.1, 0.15) is 0 Å². The van der Waals surface area contributed by atoms with Gasteiger partial charge in [0.2, 0.25) is 0 Å². The minimum atomic E-state index is -1.46. The summed E-state index contributed by atoms with van der Waals surface area (Å²) in [6.45, 7) is 0. The van der Waals surface area contributed by atoms with E-state index in [0.717, 1.165) is 0 Å². The maximum absolute atomic E-state index is 11.1. The van der Waals surface area contributed by atoms with Crippen LogP contribution in [-0.2, 0) is 60.2 Å². The van der Waals surface area contributed by atoms with E-state index in [1.807, 2.05) is 0 Å². The topological polar surface area (TPSA) is 566 Å². The predicted molar refractivity (Wildman–Crippen MR) is 128 cm³/mol. The quantitative estimate of drug-likeness (QED) is 0.116. The van der Waals surface area contributed by atoms with Gasteiger partial charge in [0.15, 0.2) is 0 Å². The number of hydrogen-bond donors (Lipinski definition) is 0. The molecule has 2 aromatic rings. The molecule has 232 valence electrons. The SMILES string of the molecule is O.O.O=[N+]([O-])c1cc([N+](=O)[O-])c([O-])c([N+](=O)[O-])c1.O=[N+]([O-])c1cc([N+](=O)[O-])c([O-])c([N+](=O)[O-])c1.[Cd+2].[OH3+].[OH3+].[OH3+].[OH3+].[OH3+].[OH3+]. The summed E-state index contributed by atoms with van der Waals surface area (Å²) in [6.07, 6.45) is 0. The number of nitrogens with zero attached hydrogens (tertiary/aromatic N) is 6. The molecule has 0 radical (unpaired) electrons. The van der Waals surface area contributed by atoms with Crippen LogP contribution in [0.2, 0.25) is 0 Å². The minimum Gasteiger partial charge on any atom is -0.863 e. The number of benzene rings is 2. The van der Waals surface area contributed by atoms with Crippen molar-refractivity contribution in [1.82, 2.24) is 0 Å². The van der Waals surface area contributed by atoms with Gasteiger partial charge in [-0.25, -0.2) is 0 Å². The van der Waals surface area contributed by atoms with Crippen LogP contribution in [0.25, 0.3) is 0 Å². The van der Waals surface area contributed by atoms with E-state index in [9.17, 15) is 70.9 Å². The van der Waals surface area contributed by atoms with E-state index in [1.165, 1.54) is 0 Å². The number of hydrogen-bond acceptors (Lipinski definition) is 14. The Balaban J connectivity index is -0.0000000585. The third kappa shape index (κ3) is 14.7. The molecule has 0 saturated carbocycles. The van der Waals surface area contributed by atoms with E-state index in [-0.39, 0.29) is 71.1 Å². The van der Waals surface area contributed by atoms with Crippen LogP contribution < -0.4 is 10.2 Å². The summed E-state index contributed by atoms with van der Waals surface area (Å²) in [5.41, 5.74) is -6.53. The molecule has 0 amide bonds. The summed E-state index contributed by atoms with van der Waals surface area (Å²) in [7, 11) is 0. The summed E-state index contributed by atoms with van der Waals surface area (Å²) < 4.78 is 0. The van der Waals surface area contributed by atoms with Crippen LogP contribution in [-0.4, -0.2) is 40.5 Å². The van der Waals surface area contributed by atoms with Crippen molar-refractivity contribution in [3.8, 4) is 11.5 Å². The molecule has 0 unspecified atom stereocenters. The van der Waals surface area contributed by atoms with Crippen molar-refractivity contribution in [2.45, 2.75) is 0 Å². The molecule has 2 rings (SSSR count). The maximum atomic E-state index is 11.1. The Morgan fingerprint density at radius 3 is 0.634 bits per heavy atom. The van der Waals surface area contributed by atoms with E-state index in [1.54, 1.807) is 0 Å². The third-order valence-electron chi connectivity index (χ3n) is 3.28. The smallest absolute Gasteiger partial charge is 0.863 e. The molecule has 0 aliphatic carbocycles. The first-order valence-electron chi connectivity index (χ1n) is 7.25. The van der Waals surface area contributed by atoms with Crippen molar-refractivity contribution >= 4 is 34.1 Å². The van der Waals surface area contributed by atoms with Crippen LogP contribution in [0, 0.1) is 60.7 Å². The second-order valence-electron chi connectivity index (χ2n) is 5.17. The molecule has 0 spiro atoms. The first-order chi connectivity index (χ1) is 14.7. The number of non-ortho nitro benzene ring substituents is 2. The molecule has 0 aromatic heterocycles. The maximum Gasteiger partial charge on any atom is 2.00 e. The van der Waals surface area contributed by atoms with Gasteiger partial charge in [-0.1, -0.05) is 0 Å². The fourth-order valence-corrected chi connectivity index (χ4v) is 1.92. The summed E-state index contributed by atoms with van der Waals surface area (Å²) in [4.78, 5) is 55.0. The molecule has 22 N–H and O–H groups in total. The Labute approximate surface area is 241 Å². The second-order valence-corrected chi connectivity index (χ2v) is 5.17. The number of rotatable bonds is 6. The fourth-order valence-electron chi connectivity index (χ4n) is 1.92. The van der Waals surface area contributed by atoms with Gasteiger partial charge in [0.05, 0.1) is 65.3 Å². The molecule has 0 saturated heterocycles. The molecule has 28 nitrogen and oxygen atoms in total. The minimum absolute atomic E-state index is 0. The zero-order chi connectivity index (χ0) is 24.9. The van der Waals surface area contributed by atoms with Crippen molar-refractivity contribution in [3.63, 3.8) is 0 Å². The molecule has 0 heterocycles. The fraction of sp³-hybridized carbons (Fsp3) is 0. The number of nitro groups is 6. The Hall–Kier alpha value is -4.96. The Bertz CT molecular complexity index is 1030. The molecule has 29 heteroatoms. The van der Waals surface area contributed by atoms with Crippen molar-refractivity contribution in [2.75, 3.05) is 0 Å². The zero-order valence-corrected chi connectivity index (χ0v) is 23.9. The molecule has 0 aliphatic rings. The van der Waals surface area contributed by atoms with Crippen molar-refractivity contribution in [3.05, 3.63) is 85.0 Å². The van der Waals surface area contributed by atoms with Crippen LogP contribution >= 0.6 is 0 Å². The first-order valence-corrected chi connectivity index (χ1v) is 7.25. The number of nitro benzene ring substituents is 6. The van der Waals surface area contributed by atoms with Gasteiger partial charge in [-0.3, -0.25) is 60.7 Å². The standard InChI is InChI=1S/2C6H3N3O7.Cd.8H2O/c2*10-6-4(8(13)14)1-3(7(11)12)2-5(6)9(15)16;;;;;;;;;/h2*1-2,10H;;8*1H2/q;;+2;;;;;;;;/p+4. The third-order valence-corrected chi connectivity index (χ3v) is 3.28. The molecule has 0 aliphatic heterocycles. The van der Waals surface area contributed by atoms with E-state index in [4.69, 9.17) is 0 Å². The average molecular weight is 719 g/mol. The summed E-state index contributed by atoms with van der Waals surface area (Å²) in [6, 6.07) is 1.54. The van der Waals surface area contributed by atoms with Gasteiger partial charge < -0.3 is 54.0 Å². The first kappa shape index (κ1) is 60.5. The van der Waals surface area contributed by atoms with Crippen LogP contribution in [0.3, 0.4) is 0 Å². The van der Waals surface area contributed by atoms with E-state index >= 15 is 0 Å². The van der Waals surface area contributed by atoms with Crippen LogP contribution in [0.15, 0.2) is 24.3 Å². The molecule has 0 fully saturated rings. The van der Waals surface area contributed by atoms with Crippen molar-refractivity contribution in [2.24, 2.45) is 0 Å². The summed E-state index contributed by atoms with van der Waals surface area (Å²) in [5, 5.41) is 84.2. The zero-order valence-electron chi connectivity index (χ0n) is 19.9. The van der Waals surface area contributed by atoms with Crippen LogP contribution in [0.5, 0.6) is 11.5 Å². The average Bonchev–Trinajstić information content (AvgIpc) is 2.67. The summed E-state index contributed by atoms with van der Waals surface area (Å²) >= 11 is 0. The van der Waals surface area contributed by atoms with Gasteiger partial charge in [-0.05, 0) is 0 Å². The van der Waals surface area contributed by atoms with E-state index < -0.39 is 75.2 Å².